The topological polar surface area (TPSA) is 83.4 Å². The van der Waals surface area contributed by atoms with Gasteiger partial charge >= 0.3 is 108 Å². The van der Waals surface area contributed by atoms with Gasteiger partial charge in [0.15, 0.2) is 0 Å². The predicted molar refractivity (Wildman–Crippen MR) is 60.4 cm³/mol. The molecule has 1 aromatic heterocycles. The van der Waals surface area contributed by atoms with Crippen LogP contribution in [0.15, 0.2) is 23.0 Å². The van der Waals surface area contributed by atoms with Gasteiger partial charge in [-0.15, -0.1) is 0 Å². The number of aromatic amines is 1. The van der Waals surface area contributed by atoms with Crippen molar-refractivity contribution in [1.29, 1.82) is 0 Å². The second kappa shape index (κ2) is 4.73. The summed E-state index contributed by atoms with van der Waals surface area (Å²) in [5.74, 6) is 0. The summed E-state index contributed by atoms with van der Waals surface area (Å²) in [4.78, 5) is 14.1. The molecular weight excluding hydrogens is 335 g/mol. The second-order valence-corrected chi connectivity index (χ2v) is 6.46. The zero-order chi connectivity index (χ0) is 12.6. The summed E-state index contributed by atoms with van der Waals surface area (Å²) in [6, 6.07) is 5.15. The normalized spacial score (nSPS) is 11.6. The Hall–Kier alpha value is -0.960. The van der Waals surface area contributed by atoms with Gasteiger partial charge in [-0.05, 0) is 0 Å². The molecule has 92 valence electrons. The van der Waals surface area contributed by atoms with Gasteiger partial charge in [0.05, 0.1) is 0 Å². The Labute approximate surface area is 108 Å². The maximum absolute atomic E-state index is 11.4. The monoisotopic (exact) mass is 346 g/mol. The quantitative estimate of drug-likeness (QED) is 0.350. The van der Waals surface area contributed by atoms with E-state index in [1.807, 2.05) is 19.9 Å². The molecule has 6 heteroatoms. The molecule has 0 amide bonds. The molecule has 0 aliphatic carbocycles. The minimum absolute atomic E-state index is 0.138. The fourth-order valence-corrected chi connectivity index (χ4v) is 3.40. The van der Waals surface area contributed by atoms with E-state index in [-0.39, 0.29) is 5.56 Å². The van der Waals surface area contributed by atoms with E-state index in [4.69, 9.17) is 0 Å². The third-order valence-corrected chi connectivity index (χ3v) is 4.19. The van der Waals surface area contributed by atoms with E-state index in [1.54, 1.807) is 6.07 Å². The number of hydrogen-bond donors (Lipinski definition) is 2. The average molecular weight is 346 g/mol. The van der Waals surface area contributed by atoms with Crippen molar-refractivity contribution >= 4 is 10.9 Å². The van der Waals surface area contributed by atoms with Crippen molar-refractivity contribution in [2.75, 3.05) is 0 Å². The molecule has 0 aliphatic heterocycles. The van der Waals surface area contributed by atoms with Gasteiger partial charge in [0.1, 0.15) is 0 Å². The van der Waals surface area contributed by atoms with Gasteiger partial charge in [-0.1, -0.05) is 0 Å². The zero-order valence-corrected chi connectivity index (χ0v) is 11.5. The maximum atomic E-state index is 11.4. The number of nitrogens with one attached hydrogen (secondary N) is 2. The fraction of sp³-hybridized carbons (Fsp3) is 0.182. The zero-order valence-electron chi connectivity index (χ0n) is 9.33. The molecular formula is C11H11IN2O3-2. The summed E-state index contributed by atoms with van der Waals surface area (Å²) >= 11 is -1.13. The van der Waals surface area contributed by atoms with E-state index in [2.05, 4.69) is 4.98 Å². The number of aryl methyl sites for hydroxylation is 2. The third kappa shape index (κ3) is 2.65. The van der Waals surface area contributed by atoms with Crippen molar-refractivity contribution in [2.45, 2.75) is 13.8 Å². The van der Waals surface area contributed by atoms with Crippen LogP contribution in [0.3, 0.4) is 0 Å². The Morgan fingerprint density at radius 1 is 1.18 bits per heavy atom. The molecule has 5 nitrogen and oxygen atoms in total. The number of fused-ring (bicyclic) bond motifs is 1. The van der Waals surface area contributed by atoms with E-state index in [0.29, 0.717) is 0 Å². The second-order valence-electron chi connectivity index (χ2n) is 3.79. The molecule has 0 atom stereocenters. The van der Waals surface area contributed by atoms with Crippen molar-refractivity contribution < 1.29 is 24.9 Å². The van der Waals surface area contributed by atoms with Gasteiger partial charge in [-0.2, -0.15) is 0 Å². The first-order chi connectivity index (χ1) is 7.97. The summed E-state index contributed by atoms with van der Waals surface area (Å²) in [5.41, 5.74) is 2.39. The van der Waals surface area contributed by atoms with E-state index in [0.717, 1.165) is 25.6 Å². The van der Waals surface area contributed by atoms with E-state index in [9.17, 15) is 15.2 Å². The van der Waals surface area contributed by atoms with E-state index >= 15 is 0 Å². The minimum atomic E-state index is -1.13. The molecule has 1 heterocycles. The van der Waals surface area contributed by atoms with Crippen LogP contribution in [0.1, 0.15) is 11.1 Å². The molecule has 0 unspecified atom stereocenters. The molecule has 0 saturated heterocycles. The first-order valence-corrected chi connectivity index (χ1v) is 7.13. The van der Waals surface area contributed by atoms with Crippen molar-refractivity contribution in [1.82, 2.24) is 4.98 Å². The summed E-state index contributed by atoms with van der Waals surface area (Å²) in [6.07, 6.45) is 0. The van der Waals surface area contributed by atoms with Gasteiger partial charge < -0.3 is 0 Å². The molecule has 0 radical (unpaired) electrons. The van der Waals surface area contributed by atoms with Crippen LogP contribution in [0.2, 0.25) is 0 Å². The number of rotatable bonds is 2. The Balaban J connectivity index is 2.69. The number of aromatic nitrogens is 1. The van der Waals surface area contributed by atoms with Crippen LogP contribution < -0.4 is 30.5 Å². The number of pyridine rings is 1. The van der Waals surface area contributed by atoms with Crippen LogP contribution in [0.5, 0.6) is 0 Å². The van der Waals surface area contributed by atoms with Crippen LogP contribution in [0, 0.1) is 27.8 Å². The van der Waals surface area contributed by atoms with Gasteiger partial charge in [0.25, 0.3) is 0 Å². The van der Waals surface area contributed by atoms with Crippen LogP contribution in [-0.2, 0) is 0 Å². The Morgan fingerprint density at radius 2 is 1.88 bits per heavy atom. The third-order valence-electron chi connectivity index (χ3n) is 2.51. The van der Waals surface area contributed by atoms with Crippen LogP contribution in [0.4, 0.5) is 0 Å². The first-order valence-electron chi connectivity index (χ1n) is 4.97. The molecule has 0 fully saturated rings. The van der Waals surface area contributed by atoms with Crippen molar-refractivity contribution in [3.63, 3.8) is 0 Å². The fourth-order valence-electron chi connectivity index (χ4n) is 1.80. The summed E-state index contributed by atoms with van der Waals surface area (Å²) in [5, 5.41) is 22.2. The Morgan fingerprint density at radius 3 is 2.53 bits per heavy atom. The van der Waals surface area contributed by atoms with Crippen LogP contribution in [0.25, 0.3) is 10.9 Å². The summed E-state index contributed by atoms with van der Waals surface area (Å²) in [7, 11) is 0. The first kappa shape index (κ1) is 12.5. The number of halogens is 1. The van der Waals surface area contributed by atoms with Gasteiger partial charge in [-0.25, -0.2) is 0 Å². The standard InChI is InChI=1S/C11H11IN2O3/c1-6-4-10(15)13-11-7(2)3-8(5-9(6)11)12-14(16)17/h3-5,14H,1-2H3,(H,13,15)/q-2. The molecule has 2 rings (SSSR count). The van der Waals surface area contributed by atoms with Gasteiger partial charge in [0, 0.05) is 0 Å². The molecule has 17 heavy (non-hydrogen) atoms. The van der Waals surface area contributed by atoms with Crippen molar-refractivity contribution in [3.8, 4) is 0 Å². The van der Waals surface area contributed by atoms with Gasteiger partial charge in [0.2, 0.25) is 0 Å². The summed E-state index contributed by atoms with van der Waals surface area (Å²) < 4.78 is -0.200. The summed E-state index contributed by atoms with van der Waals surface area (Å²) in [6.45, 7) is 3.71. The molecule has 2 aromatic rings. The molecule has 0 bridgehead atoms. The number of H-pyrrole nitrogens is 1. The Kier molecular flexibility index (Phi) is 3.48. The van der Waals surface area contributed by atoms with Crippen LogP contribution >= 0.6 is 0 Å². The Bertz CT molecular complexity index is 622. The molecule has 0 aliphatic rings. The number of quaternary nitrogens is 1. The van der Waals surface area contributed by atoms with E-state index in [1.165, 1.54) is 6.07 Å². The molecule has 2 N–H and O–H groups in total. The number of hydrogen-bond acceptors (Lipinski definition) is 3. The SMILES string of the molecule is Cc1cc(=O)[nH]c2c(C)cc([I-][NH+]([O-])[O-])cc12. The van der Waals surface area contributed by atoms with Gasteiger partial charge in [-0.3, -0.25) is 0 Å². The van der Waals surface area contributed by atoms with E-state index < -0.39 is 24.9 Å². The molecule has 0 saturated carbocycles. The molecule has 1 aromatic carbocycles. The van der Waals surface area contributed by atoms with Crippen molar-refractivity contribution in [2.24, 2.45) is 0 Å². The average Bonchev–Trinajstić information content (AvgIpc) is 2.19. The predicted octanol–water partition coefficient (Wildman–Crippen LogP) is -2.80. The molecule has 0 spiro atoms. The van der Waals surface area contributed by atoms with Crippen molar-refractivity contribution in [3.05, 3.63) is 53.7 Å². The van der Waals surface area contributed by atoms with Crippen LogP contribution in [-0.4, -0.2) is 4.98 Å². The number of benzene rings is 1.